The van der Waals surface area contributed by atoms with Crippen LogP contribution in [0.25, 0.3) is 11.0 Å². The first kappa shape index (κ1) is 20.3. The lowest BCUT2D eigenvalue weighted by molar-refractivity contribution is 0.102. The lowest BCUT2D eigenvalue weighted by Gasteiger charge is -2.10. The fraction of sp³-hybridized carbons (Fsp3) is 0.368. The number of amides is 1. The van der Waals surface area contributed by atoms with E-state index in [9.17, 15) is 9.59 Å². The predicted molar refractivity (Wildman–Crippen MR) is 112 cm³/mol. The van der Waals surface area contributed by atoms with E-state index in [1.54, 1.807) is 30.0 Å². The van der Waals surface area contributed by atoms with Gasteiger partial charge in [0, 0.05) is 23.3 Å². The number of hydrogen-bond donors (Lipinski definition) is 1. The molecule has 2 heterocycles. The zero-order valence-electron chi connectivity index (χ0n) is 15.9. The Morgan fingerprint density at radius 3 is 2.89 bits per heavy atom. The summed E-state index contributed by atoms with van der Waals surface area (Å²) in [6.45, 7) is 5.94. The van der Waals surface area contributed by atoms with Crippen molar-refractivity contribution in [2.45, 2.75) is 44.1 Å². The van der Waals surface area contributed by atoms with Gasteiger partial charge in [-0.25, -0.2) is 4.79 Å². The number of unbranched alkanes of at least 4 members (excludes halogenated alkanes) is 1. The van der Waals surface area contributed by atoms with Crippen LogP contribution in [0.2, 0.25) is 0 Å². The van der Waals surface area contributed by atoms with Crippen LogP contribution in [0.3, 0.4) is 0 Å². The van der Waals surface area contributed by atoms with E-state index >= 15 is 0 Å². The molecule has 0 aliphatic carbocycles. The van der Waals surface area contributed by atoms with Gasteiger partial charge in [0.25, 0.3) is 5.91 Å². The van der Waals surface area contributed by atoms with Crippen LogP contribution in [0, 0.1) is 0 Å². The number of nitrogens with zero attached hydrogens (tertiary/aromatic N) is 2. The van der Waals surface area contributed by atoms with Gasteiger partial charge in [0.1, 0.15) is 11.3 Å². The molecule has 0 bridgehead atoms. The minimum atomic E-state index is -0.604. The number of nitrogens with one attached hydrogen (secondary N) is 1. The number of rotatable bonds is 8. The Hall–Kier alpha value is -2.39. The van der Waals surface area contributed by atoms with Crippen molar-refractivity contribution in [3.63, 3.8) is 0 Å². The summed E-state index contributed by atoms with van der Waals surface area (Å²) in [5, 5.41) is 11.7. The summed E-state index contributed by atoms with van der Waals surface area (Å²) >= 11 is 2.93. The zero-order valence-corrected chi connectivity index (χ0v) is 17.5. The molecule has 9 heteroatoms. The molecule has 2 aromatic heterocycles. The summed E-state index contributed by atoms with van der Waals surface area (Å²) in [5.74, 6) is 1.10. The Balaban J connectivity index is 1.82. The number of anilines is 1. The molecule has 148 valence electrons. The third kappa shape index (κ3) is 5.11. The number of hydrogen-bond acceptors (Lipinski definition) is 8. The normalized spacial score (nSPS) is 11.1. The molecule has 3 rings (SSSR count). The summed E-state index contributed by atoms with van der Waals surface area (Å²) < 4.78 is 11.7. The SMILES string of the molecule is CCCCSc1nnc(NC(=O)c2cc(=O)oc3cc(OC(C)C)ccc23)s1. The third-order valence-electron chi connectivity index (χ3n) is 3.68. The van der Waals surface area contributed by atoms with E-state index in [0.717, 1.165) is 22.9 Å². The highest BCUT2D eigenvalue weighted by atomic mass is 32.2. The second-order valence-corrected chi connectivity index (χ2v) is 8.65. The first-order chi connectivity index (χ1) is 13.5. The molecule has 0 fully saturated rings. The lowest BCUT2D eigenvalue weighted by atomic mass is 10.1. The van der Waals surface area contributed by atoms with Crippen molar-refractivity contribution in [2.24, 2.45) is 0 Å². The average molecular weight is 420 g/mol. The second-order valence-electron chi connectivity index (χ2n) is 6.33. The maximum absolute atomic E-state index is 12.7. The summed E-state index contributed by atoms with van der Waals surface area (Å²) in [4.78, 5) is 24.7. The highest BCUT2D eigenvalue weighted by Gasteiger charge is 2.16. The molecule has 0 atom stereocenters. The molecule has 0 aliphatic heterocycles. The van der Waals surface area contributed by atoms with Crippen LogP contribution < -0.4 is 15.7 Å². The van der Waals surface area contributed by atoms with Crippen molar-refractivity contribution in [2.75, 3.05) is 11.1 Å². The van der Waals surface area contributed by atoms with Gasteiger partial charge in [-0.3, -0.25) is 10.1 Å². The first-order valence-corrected chi connectivity index (χ1v) is 10.8. The van der Waals surface area contributed by atoms with Crippen LogP contribution >= 0.6 is 23.1 Å². The summed E-state index contributed by atoms with van der Waals surface area (Å²) in [7, 11) is 0. The standard InChI is InChI=1S/C19H21N3O4S2/c1-4-5-8-27-19-22-21-18(28-19)20-17(24)14-10-16(23)26-15-9-12(25-11(2)3)6-7-13(14)15/h6-7,9-11H,4-5,8H2,1-3H3,(H,20,21,24). The fourth-order valence-electron chi connectivity index (χ4n) is 2.46. The van der Waals surface area contributed by atoms with Gasteiger partial charge < -0.3 is 9.15 Å². The molecular weight excluding hydrogens is 398 g/mol. The van der Waals surface area contributed by atoms with Crippen LogP contribution in [-0.2, 0) is 0 Å². The van der Waals surface area contributed by atoms with Gasteiger partial charge in [-0.2, -0.15) is 0 Å². The number of carbonyl (C=O) groups excluding carboxylic acids is 1. The molecule has 0 saturated carbocycles. The van der Waals surface area contributed by atoms with Crippen molar-refractivity contribution in [3.05, 3.63) is 40.2 Å². The van der Waals surface area contributed by atoms with Crippen LogP contribution in [0.4, 0.5) is 5.13 Å². The Kier molecular flexibility index (Phi) is 6.69. The molecule has 0 spiro atoms. The average Bonchev–Trinajstić information content (AvgIpc) is 3.07. The maximum Gasteiger partial charge on any atom is 0.337 e. The molecular formula is C19H21N3O4S2. The number of thioether (sulfide) groups is 1. The number of fused-ring (bicyclic) bond motifs is 1. The second kappa shape index (κ2) is 9.20. The quantitative estimate of drug-likeness (QED) is 0.247. The molecule has 1 N–H and O–H groups in total. The van der Waals surface area contributed by atoms with Crippen LogP contribution in [0.1, 0.15) is 44.0 Å². The minimum Gasteiger partial charge on any atom is -0.491 e. The first-order valence-electron chi connectivity index (χ1n) is 8.98. The summed E-state index contributed by atoms with van der Waals surface area (Å²) in [6.07, 6.45) is 2.20. The van der Waals surface area contributed by atoms with E-state index in [0.29, 0.717) is 21.9 Å². The third-order valence-corrected chi connectivity index (χ3v) is 5.74. The van der Waals surface area contributed by atoms with Gasteiger partial charge in [0.2, 0.25) is 5.13 Å². The van der Waals surface area contributed by atoms with Gasteiger partial charge >= 0.3 is 5.63 Å². The Morgan fingerprint density at radius 1 is 1.32 bits per heavy atom. The van der Waals surface area contributed by atoms with Crippen molar-refractivity contribution in [1.82, 2.24) is 10.2 Å². The van der Waals surface area contributed by atoms with Gasteiger partial charge in [-0.15, -0.1) is 10.2 Å². The number of carbonyl (C=O) groups is 1. The summed E-state index contributed by atoms with van der Waals surface area (Å²) in [6, 6.07) is 6.24. The molecule has 0 saturated heterocycles. The van der Waals surface area contributed by atoms with E-state index in [1.807, 2.05) is 13.8 Å². The smallest absolute Gasteiger partial charge is 0.337 e. The van der Waals surface area contributed by atoms with Crippen molar-refractivity contribution >= 4 is 45.1 Å². The van der Waals surface area contributed by atoms with Crippen LogP contribution in [0.15, 0.2) is 37.8 Å². The van der Waals surface area contributed by atoms with Crippen molar-refractivity contribution < 1.29 is 13.9 Å². The van der Waals surface area contributed by atoms with E-state index in [1.165, 1.54) is 17.4 Å². The number of aromatic nitrogens is 2. The monoisotopic (exact) mass is 419 g/mol. The van der Waals surface area contributed by atoms with E-state index in [2.05, 4.69) is 22.4 Å². The molecule has 1 aromatic carbocycles. The highest BCUT2D eigenvalue weighted by Crippen LogP contribution is 2.28. The molecule has 0 unspecified atom stereocenters. The maximum atomic E-state index is 12.7. The molecule has 1 amide bonds. The molecule has 7 nitrogen and oxygen atoms in total. The number of ether oxygens (including phenoxy) is 1. The van der Waals surface area contributed by atoms with E-state index < -0.39 is 11.5 Å². The highest BCUT2D eigenvalue weighted by molar-refractivity contribution is 8.01. The van der Waals surface area contributed by atoms with Crippen LogP contribution in [0.5, 0.6) is 5.75 Å². The minimum absolute atomic E-state index is 0.0163. The van der Waals surface area contributed by atoms with Gasteiger partial charge in [-0.05, 0) is 32.4 Å². The summed E-state index contributed by atoms with van der Waals surface area (Å²) in [5.41, 5.74) is -0.0889. The Bertz CT molecular complexity index is 1030. The number of benzene rings is 1. The molecule has 28 heavy (non-hydrogen) atoms. The lowest BCUT2D eigenvalue weighted by Crippen LogP contribution is -2.15. The van der Waals surface area contributed by atoms with Gasteiger partial charge in [0.15, 0.2) is 4.34 Å². The van der Waals surface area contributed by atoms with E-state index in [-0.39, 0.29) is 11.7 Å². The van der Waals surface area contributed by atoms with Crippen molar-refractivity contribution in [3.8, 4) is 5.75 Å². The fourth-order valence-corrected chi connectivity index (χ4v) is 4.36. The Morgan fingerprint density at radius 2 is 2.14 bits per heavy atom. The predicted octanol–water partition coefficient (Wildman–Crippen LogP) is 4.58. The van der Waals surface area contributed by atoms with E-state index in [4.69, 9.17) is 9.15 Å². The topological polar surface area (TPSA) is 94.3 Å². The van der Waals surface area contributed by atoms with Crippen molar-refractivity contribution in [1.29, 1.82) is 0 Å². The van der Waals surface area contributed by atoms with Gasteiger partial charge in [0.05, 0.1) is 11.7 Å². The largest absolute Gasteiger partial charge is 0.491 e. The molecule has 0 radical (unpaired) electrons. The van der Waals surface area contributed by atoms with Gasteiger partial charge in [-0.1, -0.05) is 36.4 Å². The molecule has 0 aliphatic rings. The Labute approximate surface area is 170 Å². The zero-order chi connectivity index (χ0) is 20.1. The molecule has 3 aromatic rings. The van der Waals surface area contributed by atoms with Crippen LogP contribution in [-0.4, -0.2) is 28.0 Å².